The minimum Gasteiger partial charge on any atom is -0.457 e. The predicted molar refractivity (Wildman–Crippen MR) is 87.9 cm³/mol. The van der Waals surface area contributed by atoms with Crippen molar-refractivity contribution in [3.63, 3.8) is 0 Å². The van der Waals surface area contributed by atoms with E-state index in [2.05, 4.69) is 34.2 Å². The van der Waals surface area contributed by atoms with Crippen LogP contribution in [0.4, 0.5) is 0 Å². The van der Waals surface area contributed by atoms with Crippen molar-refractivity contribution in [3.05, 3.63) is 57.0 Å². The normalized spacial score (nSPS) is 12.2. The molecule has 0 saturated heterocycles. The molecule has 1 N–H and O–H groups in total. The van der Waals surface area contributed by atoms with Crippen LogP contribution in [0, 0.1) is 6.92 Å². The van der Waals surface area contributed by atoms with E-state index < -0.39 is 0 Å². The summed E-state index contributed by atoms with van der Waals surface area (Å²) in [6.45, 7) is 4.10. The van der Waals surface area contributed by atoms with Crippen LogP contribution >= 0.6 is 27.5 Å². The SMILES string of the molecule is CNC(C)c1cc(Br)ccc1Oc1cc(Cl)ccc1C. The first kappa shape index (κ1) is 15.4. The molecule has 2 aromatic carbocycles. The van der Waals surface area contributed by atoms with Gasteiger partial charge in [0.25, 0.3) is 0 Å². The Morgan fingerprint density at radius 2 is 1.90 bits per heavy atom. The minimum absolute atomic E-state index is 0.196. The molecule has 1 unspecified atom stereocenters. The van der Waals surface area contributed by atoms with Gasteiger partial charge in [-0.15, -0.1) is 0 Å². The molecule has 2 nitrogen and oxygen atoms in total. The van der Waals surface area contributed by atoms with Gasteiger partial charge in [-0.05, 0) is 56.8 Å². The number of halogens is 2. The zero-order chi connectivity index (χ0) is 14.7. The van der Waals surface area contributed by atoms with Gasteiger partial charge in [0, 0.05) is 21.1 Å². The first-order valence-electron chi connectivity index (χ1n) is 6.42. The van der Waals surface area contributed by atoms with Crippen molar-refractivity contribution < 1.29 is 4.74 Å². The topological polar surface area (TPSA) is 21.3 Å². The summed E-state index contributed by atoms with van der Waals surface area (Å²) < 4.78 is 7.09. The molecule has 0 aliphatic heterocycles. The van der Waals surface area contributed by atoms with Gasteiger partial charge < -0.3 is 10.1 Å². The molecule has 0 amide bonds. The molecule has 20 heavy (non-hydrogen) atoms. The summed E-state index contributed by atoms with van der Waals surface area (Å²) in [6.07, 6.45) is 0. The lowest BCUT2D eigenvalue weighted by Crippen LogP contribution is -2.13. The smallest absolute Gasteiger partial charge is 0.132 e. The zero-order valence-corrected chi connectivity index (χ0v) is 14.0. The van der Waals surface area contributed by atoms with Crippen molar-refractivity contribution in [1.82, 2.24) is 5.32 Å². The molecule has 0 saturated carbocycles. The number of hydrogen-bond acceptors (Lipinski definition) is 2. The van der Waals surface area contributed by atoms with Gasteiger partial charge in [0.2, 0.25) is 0 Å². The van der Waals surface area contributed by atoms with Gasteiger partial charge in [0.1, 0.15) is 11.5 Å². The first-order valence-corrected chi connectivity index (χ1v) is 7.59. The van der Waals surface area contributed by atoms with Crippen molar-refractivity contribution in [2.24, 2.45) is 0 Å². The van der Waals surface area contributed by atoms with Crippen LogP contribution in [0.5, 0.6) is 11.5 Å². The molecular weight excluding hydrogens is 338 g/mol. The van der Waals surface area contributed by atoms with Crippen LogP contribution in [-0.4, -0.2) is 7.05 Å². The molecule has 0 bridgehead atoms. The van der Waals surface area contributed by atoms with E-state index >= 15 is 0 Å². The molecule has 2 aromatic rings. The first-order chi connectivity index (χ1) is 9.51. The number of ether oxygens (including phenoxy) is 1. The molecule has 2 rings (SSSR count). The van der Waals surface area contributed by atoms with Crippen LogP contribution in [0.3, 0.4) is 0 Å². The Kier molecular flexibility index (Phi) is 5.08. The van der Waals surface area contributed by atoms with E-state index in [1.165, 1.54) is 0 Å². The van der Waals surface area contributed by atoms with E-state index in [1.807, 2.05) is 44.3 Å². The van der Waals surface area contributed by atoms with Crippen LogP contribution in [0.2, 0.25) is 5.02 Å². The van der Waals surface area contributed by atoms with Gasteiger partial charge in [-0.25, -0.2) is 0 Å². The van der Waals surface area contributed by atoms with Gasteiger partial charge in [-0.2, -0.15) is 0 Å². The molecule has 1 atom stereocenters. The summed E-state index contributed by atoms with van der Waals surface area (Å²) in [4.78, 5) is 0. The number of nitrogens with one attached hydrogen (secondary N) is 1. The average Bonchev–Trinajstić information content (AvgIpc) is 2.43. The Morgan fingerprint density at radius 3 is 2.60 bits per heavy atom. The van der Waals surface area contributed by atoms with Crippen molar-refractivity contribution in [2.45, 2.75) is 19.9 Å². The summed E-state index contributed by atoms with van der Waals surface area (Å²) in [5, 5.41) is 3.91. The Balaban J connectivity index is 2.40. The van der Waals surface area contributed by atoms with Crippen LogP contribution in [0.15, 0.2) is 40.9 Å². The Hall–Kier alpha value is -1.03. The third-order valence-electron chi connectivity index (χ3n) is 3.24. The molecule has 4 heteroatoms. The van der Waals surface area contributed by atoms with E-state index in [9.17, 15) is 0 Å². The van der Waals surface area contributed by atoms with Crippen molar-refractivity contribution in [1.29, 1.82) is 0 Å². The Bertz CT molecular complexity index is 615. The number of benzene rings is 2. The monoisotopic (exact) mass is 353 g/mol. The summed E-state index contributed by atoms with van der Waals surface area (Å²) in [7, 11) is 1.93. The zero-order valence-electron chi connectivity index (χ0n) is 11.7. The maximum Gasteiger partial charge on any atom is 0.132 e. The lowest BCUT2D eigenvalue weighted by molar-refractivity contribution is 0.463. The van der Waals surface area contributed by atoms with Gasteiger partial charge in [0.05, 0.1) is 0 Å². The highest BCUT2D eigenvalue weighted by Crippen LogP contribution is 2.34. The molecule has 0 fully saturated rings. The van der Waals surface area contributed by atoms with Crippen LogP contribution in [0.1, 0.15) is 24.1 Å². The lowest BCUT2D eigenvalue weighted by atomic mass is 10.1. The van der Waals surface area contributed by atoms with Crippen molar-refractivity contribution in [3.8, 4) is 11.5 Å². The quantitative estimate of drug-likeness (QED) is 0.784. The molecule has 0 spiro atoms. The lowest BCUT2D eigenvalue weighted by Gasteiger charge is -2.17. The highest BCUT2D eigenvalue weighted by Gasteiger charge is 2.12. The van der Waals surface area contributed by atoms with Crippen LogP contribution in [-0.2, 0) is 0 Å². The summed E-state index contributed by atoms with van der Waals surface area (Å²) in [6, 6.07) is 11.9. The second-order valence-corrected chi connectivity index (χ2v) is 6.06. The fraction of sp³-hybridized carbons (Fsp3) is 0.250. The van der Waals surface area contributed by atoms with Gasteiger partial charge >= 0.3 is 0 Å². The standard InChI is InChI=1S/C16H17BrClNO/c1-10-4-6-13(18)9-16(10)20-15-7-5-12(17)8-14(15)11(2)19-3/h4-9,11,19H,1-3H3. The molecule has 0 aliphatic carbocycles. The summed E-state index contributed by atoms with van der Waals surface area (Å²) >= 11 is 9.54. The highest BCUT2D eigenvalue weighted by molar-refractivity contribution is 9.10. The maximum absolute atomic E-state index is 6.05. The summed E-state index contributed by atoms with van der Waals surface area (Å²) in [5.41, 5.74) is 2.15. The maximum atomic E-state index is 6.05. The molecule has 0 aromatic heterocycles. The van der Waals surface area contributed by atoms with E-state index in [0.717, 1.165) is 27.1 Å². The van der Waals surface area contributed by atoms with E-state index in [4.69, 9.17) is 16.3 Å². The Morgan fingerprint density at radius 1 is 1.15 bits per heavy atom. The van der Waals surface area contributed by atoms with Crippen LogP contribution in [0.25, 0.3) is 0 Å². The number of hydrogen-bond donors (Lipinski definition) is 1. The van der Waals surface area contributed by atoms with Gasteiger partial charge in [0.15, 0.2) is 0 Å². The number of rotatable bonds is 4. The van der Waals surface area contributed by atoms with Crippen LogP contribution < -0.4 is 10.1 Å². The average molecular weight is 355 g/mol. The van der Waals surface area contributed by atoms with E-state index in [1.54, 1.807) is 0 Å². The third kappa shape index (κ3) is 3.54. The second-order valence-electron chi connectivity index (χ2n) is 4.70. The van der Waals surface area contributed by atoms with Gasteiger partial charge in [-0.1, -0.05) is 33.6 Å². The Labute approximate surface area is 133 Å². The second kappa shape index (κ2) is 6.61. The molecular formula is C16H17BrClNO. The molecule has 0 heterocycles. The van der Waals surface area contributed by atoms with Crippen molar-refractivity contribution in [2.75, 3.05) is 7.05 Å². The van der Waals surface area contributed by atoms with E-state index in [-0.39, 0.29) is 6.04 Å². The molecule has 0 aliphatic rings. The van der Waals surface area contributed by atoms with Gasteiger partial charge in [-0.3, -0.25) is 0 Å². The highest BCUT2D eigenvalue weighted by atomic mass is 79.9. The largest absolute Gasteiger partial charge is 0.457 e. The predicted octanol–water partition coefficient (Wildman–Crippen LogP) is 5.48. The molecule has 0 radical (unpaired) electrons. The molecule has 106 valence electrons. The third-order valence-corrected chi connectivity index (χ3v) is 3.97. The summed E-state index contributed by atoms with van der Waals surface area (Å²) in [5.74, 6) is 1.62. The number of aryl methyl sites for hydroxylation is 1. The fourth-order valence-corrected chi connectivity index (χ4v) is 2.45. The fourth-order valence-electron chi connectivity index (χ4n) is 1.91. The van der Waals surface area contributed by atoms with E-state index in [0.29, 0.717) is 5.02 Å². The minimum atomic E-state index is 0.196. The van der Waals surface area contributed by atoms with Crippen molar-refractivity contribution >= 4 is 27.5 Å².